The number of benzene rings is 1. The van der Waals surface area contributed by atoms with Gasteiger partial charge in [-0.15, -0.1) is 0 Å². The zero-order valence-electron chi connectivity index (χ0n) is 9.70. The molecule has 0 unspecified atom stereocenters. The van der Waals surface area contributed by atoms with Gasteiger partial charge in [-0.2, -0.15) is 0 Å². The molecule has 0 amide bonds. The number of rotatable bonds is 4. The van der Waals surface area contributed by atoms with Crippen LogP contribution in [0.1, 0.15) is 12.5 Å². The lowest BCUT2D eigenvalue weighted by molar-refractivity contribution is -0.141. The highest BCUT2D eigenvalue weighted by Crippen LogP contribution is 2.25. The Morgan fingerprint density at radius 2 is 2.12 bits per heavy atom. The van der Waals surface area contributed by atoms with Gasteiger partial charge in [-0.3, -0.25) is 4.79 Å². The quantitative estimate of drug-likeness (QED) is 0.881. The Bertz CT molecular complexity index is 391. The van der Waals surface area contributed by atoms with E-state index in [9.17, 15) is 4.79 Å². The summed E-state index contributed by atoms with van der Waals surface area (Å²) in [6.45, 7) is 1.70. The minimum absolute atomic E-state index is 0.405. The lowest BCUT2D eigenvalue weighted by atomic mass is 9.99. The van der Waals surface area contributed by atoms with Crippen LogP contribution in [0.5, 0.6) is 0 Å². The Morgan fingerprint density at radius 1 is 1.50 bits per heavy atom. The summed E-state index contributed by atoms with van der Waals surface area (Å²) in [7, 11) is 3.86. The Kier molecular flexibility index (Phi) is 4.19. The largest absolute Gasteiger partial charge is 0.481 e. The van der Waals surface area contributed by atoms with Crippen molar-refractivity contribution in [3.8, 4) is 0 Å². The van der Waals surface area contributed by atoms with E-state index in [1.807, 2.05) is 37.2 Å². The fourth-order valence-corrected chi connectivity index (χ4v) is 1.77. The molecule has 0 aliphatic rings. The van der Waals surface area contributed by atoms with E-state index in [0.29, 0.717) is 11.4 Å². The van der Waals surface area contributed by atoms with Crippen molar-refractivity contribution < 1.29 is 9.90 Å². The predicted octanol–water partition coefficient (Wildman–Crippen LogP) is 2.67. The highest BCUT2D eigenvalue weighted by Gasteiger charge is 2.15. The molecule has 0 aliphatic heterocycles. The zero-order valence-corrected chi connectivity index (χ0v) is 10.5. The first kappa shape index (κ1) is 12.8. The number of aliphatic carboxylic acids is 1. The minimum Gasteiger partial charge on any atom is -0.481 e. The monoisotopic (exact) mass is 241 g/mol. The van der Waals surface area contributed by atoms with Gasteiger partial charge in [0.25, 0.3) is 0 Å². The van der Waals surface area contributed by atoms with Crippen molar-refractivity contribution in [3.63, 3.8) is 0 Å². The van der Waals surface area contributed by atoms with Gasteiger partial charge < -0.3 is 10.0 Å². The summed E-state index contributed by atoms with van der Waals surface area (Å²) < 4.78 is 0. The SMILES string of the molecule is C[C@@H](Cc1cc(Cl)ccc1N(C)C)C(=O)O. The molecule has 0 fully saturated rings. The Labute approximate surface area is 101 Å². The average molecular weight is 242 g/mol. The van der Waals surface area contributed by atoms with Crippen LogP contribution in [-0.2, 0) is 11.2 Å². The fourth-order valence-electron chi connectivity index (χ4n) is 1.57. The number of carboxylic acids is 1. The number of halogens is 1. The van der Waals surface area contributed by atoms with E-state index in [0.717, 1.165) is 11.3 Å². The van der Waals surface area contributed by atoms with E-state index in [4.69, 9.17) is 16.7 Å². The van der Waals surface area contributed by atoms with Crippen LogP contribution in [0.15, 0.2) is 18.2 Å². The summed E-state index contributed by atoms with van der Waals surface area (Å²) >= 11 is 5.92. The number of hydrogen-bond acceptors (Lipinski definition) is 2. The third-order valence-electron chi connectivity index (χ3n) is 2.47. The molecule has 3 nitrogen and oxygen atoms in total. The van der Waals surface area contributed by atoms with Crippen LogP contribution >= 0.6 is 11.6 Å². The lowest BCUT2D eigenvalue weighted by Gasteiger charge is -2.18. The first-order chi connectivity index (χ1) is 7.41. The van der Waals surface area contributed by atoms with Gasteiger partial charge in [-0.1, -0.05) is 18.5 Å². The maximum absolute atomic E-state index is 10.8. The summed E-state index contributed by atoms with van der Waals surface area (Å²) in [4.78, 5) is 12.8. The lowest BCUT2D eigenvalue weighted by Crippen LogP contribution is -2.16. The topological polar surface area (TPSA) is 40.5 Å². The summed E-state index contributed by atoms with van der Waals surface area (Å²) in [6, 6.07) is 5.55. The molecule has 1 rings (SSSR count). The molecule has 0 aromatic heterocycles. The van der Waals surface area contributed by atoms with Crippen LogP contribution in [0, 0.1) is 5.92 Å². The second kappa shape index (κ2) is 5.21. The van der Waals surface area contributed by atoms with E-state index >= 15 is 0 Å². The molecule has 1 atom stereocenters. The van der Waals surface area contributed by atoms with Gasteiger partial charge in [0.1, 0.15) is 0 Å². The van der Waals surface area contributed by atoms with Crippen LogP contribution in [0.2, 0.25) is 5.02 Å². The summed E-state index contributed by atoms with van der Waals surface area (Å²) in [5.41, 5.74) is 1.98. The second-order valence-electron chi connectivity index (χ2n) is 4.11. The summed E-state index contributed by atoms with van der Waals surface area (Å²) in [6.07, 6.45) is 0.489. The summed E-state index contributed by atoms with van der Waals surface area (Å²) in [5, 5.41) is 9.53. The van der Waals surface area contributed by atoms with Crippen molar-refractivity contribution in [1.29, 1.82) is 0 Å². The van der Waals surface area contributed by atoms with Gasteiger partial charge in [0.15, 0.2) is 0 Å². The molecule has 88 valence electrons. The molecule has 1 aromatic rings. The van der Waals surface area contributed by atoms with Crippen LogP contribution in [-0.4, -0.2) is 25.2 Å². The Hall–Kier alpha value is -1.22. The fraction of sp³-hybridized carbons (Fsp3) is 0.417. The van der Waals surface area contributed by atoms with Gasteiger partial charge in [-0.25, -0.2) is 0 Å². The highest BCUT2D eigenvalue weighted by molar-refractivity contribution is 6.30. The standard InChI is InChI=1S/C12H16ClNO2/c1-8(12(15)16)6-9-7-10(13)4-5-11(9)14(2)3/h4-5,7-8H,6H2,1-3H3,(H,15,16)/t8-/m0/s1. The first-order valence-corrected chi connectivity index (χ1v) is 5.48. The molecule has 1 N–H and O–H groups in total. The van der Waals surface area contributed by atoms with Crippen molar-refractivity contribution >= 4 is 23.3 Å². The molecule has 4 heteroatoms. The molecule has 0 saturated carbocycles. The number of carbonyl (C=O) groups is 1. The number of anilines is 1. The van der Waals surface area contributed by atoms with Gasteiger partial charge >= 0.3 is 5.97 Å². The van der Waals surface area contributed by atoms with E-state index in [2.05, 4.69) is 0 Å². The van der Waals surface area contributed by atoms with Gasteiger partial charge in [0.2, 0.25) is 0 Å². The Morgan fingerprint density at radius 3 is 2.62 bits per heavy atom. The second-order valence-corrected chi connectivity index (χ2v) is 4.55. The Balaban J connectivity index is 3.01. The third kappa shape index (κ3) is 3.14. The minimum atomic E-state index is -0.787. The van der Waals surface area contributed by atoms with Crippen LogP contribution in [0.25, 0.3) is 0 Å². The van der Waals surface area contributed by atoms with E-state index < -0.39 is 11.9 Å². The molecule has 0 saturated heterocycles. The summed E-state index contributed by atoms with van der Waals surface area (Å²) in [5.74, 6) is -1.19. The van der Waals surface area contributed by atoms with Crippen LogP contribution < -0.4 is 4.90 Å². The smallest absolute Gasteiger partial charge is 0.306 e. The van der Waals surface area contributed by atoms with E-state index in [1.54, 1.807) is 6.92 Å². The van der Waals surface area contributed by atoms with Crippen LogP contribution in [0.3, 0.4) is 0 Å². The maximum atomic E-state index is 10.8. The van der Waals surface area contributed by atoms with Crippen molar-refractivity contribution in [1.82, 2.24) is 0 Å². The maximum Gasteiger partial charge on any atom is 0.306 e. The molecular weight excluding hydrogens is 226 g/mol. The van der Waals surface area contributed by atoms with Crippen molar-refractivity contribution in [3.05, 3.63) is 28.8 Å². The third-order valence-corrected chi connectivity index (χ3v) is 2.71. The van der Waals surface area contributed by atoms with Crippen molar-refractivity contribution in [2.24, 2.45) is 5.92 Å². The molecule has 0 bridgehead atoms. The molecule has 0 aliphatic carbocycles. The van der Waals surface area contributed by atoms with Gasteiger partial charge in [-0.05, 0) is 30.2 Å². The van der Waals surface area contributed by atoms with Crippen LogP contribution in [0.4, 0.5) is 5.69 Å². The molecule has 0 heterocycles. The highest BCUT2D eigenvalue weighted by atomic mass is 35.5. The van der Waals surface area contributed by atoms with Crippen molar-refractivity contribution in [2.45, 2.75) is 13.3 Å². The van der Waals surface area contributed by atoms with Crippen molar-refractivity contribution in [2.75, 3.05) is 19.0 Å². The number of carboxylic acid groups (broad SMARTS) is 1. The average Bonchev–Trinajstić information content (AvgIpc) is 2.16. The molecule has 0 spiro atoms. The van der Waals surface area contributed by atoms with Gasteiger partial charge in [0, 0.05) is 24.8 Å². The molecule has 0 radical (unpaired) electrons. The van der Waals surface area contributed by atoms with E-state index in [1.165, 1.54) is 0 Å². The zero-order chi connectivity index (χ0) is 12.3. The molecule has 16 heavy (non-hydrogen) atoms. The van der Waals surface area contributed by atoms with E-state index in [-0.39, 0.29) is 0 Å². The van der Waals surface area contributed by atoms with Gasteiger partial charge in [0.05, 0.1) is 5.92 Å². The molecule has 1 aromatic carbocycles. The first-order valence-electron chi connectivity index (χ1n) is 5.10. The number of nitrogens with zero attached hydrogens (tertiary/aromatic N) is 1. The molecular formula is C12H16ClNO2. The normalized spacial score (nSPS) is 12.2. The predicted molar refractivity (Wildman–Crippen MR) is 66.3 cm³/mol. The number of hydrogen-bond donors (Lipinski definition) is 1.